The number of halogens is 3. The molecule has 7 heteroatoms. The molecule has 0 aliphatic rings. The lowest BCUT2D eigenvalue weighted by Gasteiger charge is -2.20. The Morgan fingerprint density at radius 1 is 1.43 bits per heavy atom. The molecule has 4 nitrogen and oxygen atoms in total. The number of hydrazine groups is 1. The number of alkyl halides is 3. The quantitative estimate of drug-likeness (QED) is 0.492. The monoisotopic (exact) mass is 206 g/mol. The molecule has 1 atom stereocenters. The molecule has 0 aromatic carbocycles. The van der Waals surface area contributed by atoms with Crippen molar-refractivity contribution in [1.82, 2.24) is 10.4 Å². The molecular weight excluding hydrogens is 197 g/mol. The summed E-state index contributed by atoms with van der Waals surface area (Å²) in [6.45, 7) is 0. The minimum absolute atomic E-state index is 0.178. The average molecular weight is 206 g/mol. The second-order valence-electron chi connectivity index (χ2n) is 2.62. The Kier molecular flexibility index (Phi) is 2.92. The second kappa shape index (κ2) is 3.81. The summed E-state index contributed by atoms with van der Waals surface area (Å²) in [6.07, 6.45) is -3.19. The maximum atomic E-state index is 12.4. The van der Waals surface area contributed by atoms with E-state index >= 15 is 0 Å². The third-order valence-corrected chi connectivity index (χ3v) is 1.68. The first-order valence-electron chi connectivity index (χ1n) is 3.70. The molecule has 0 saturated carbocycles. The van der Waals surface area contributed by atoms with Crippen molar-refractivity contribution >= 4 is 5.82 Å². The Balaban J connectivity index is 3.08. The summed E-state index contributed by atoms with van der Waals surface area (Å²) in [4.78, 5) is 3.54. The highest BCUT2D eigenvalue weighted by Gasteiger charge is 2.41. The first-order valence-corrected chi connectivity index (χ1v) is 3.70. The third kappa shape index (κ3) is 2.12. The van der Waals surface area contributed by atoms with Crippen LogP contribution in [0.15, 0.2) is 18.3 Å². The lowest BCUT2D eigenvalue weighted by molar-refractivity contribution is -0.157. The third-order valence-electron chi connectivity index (χ3n) is 1.68. The predicted molar refractivity (Wildman–Crippen MR) is 44.8 cm³/mol. The highest BCUT2D eigenvalue weighted by atomic mass is 19.4. The van der Waals surface area contributed by atoms with Gasteiger partial charge in [-0.3, -0.25) is 5.84 Å². The molecule has 0 aliphatic heterocycles. The highest BCUT2D eigenvalue weighted by molar-refractivity contribution is 5.41. The number of nitrogen functional groups attached to an aromatic ring is 1. The fourth-order valence-corrected chi connectivity index (χ4v) is 1.03. The van der Waals surface area contributed by atoms with Crippen LogP contribution in [0.25, 0.3) is 0 Å². The van der Waals surface area contributed by atoms with E-state index in [9.17, 15) is 13.2 Å². The number of nitrogens with two attached hydrogens (primary N) is 2. The molecule has 1 heterocycles. The molecule has 78 valence electrons. The highest BCUT2D eigenvalue weighted by Crippen LogP contribution is 2.33. The van der Waals surface area contributed by atoms with Gasteiger partial charge in [-0.1, -0.05) is 6.07 Å². The predicted octanol–water partition coefficient (Wildman–Crippen LogP) is 0.730. The Morgan fingerprint density at radius 3 is 2.50 bits per heavy atom. The van der Waals surface area contributed by atoms with Crippen LogP contribution in [0.5, 0.6) is 0 Å². The number of pyridine rings is 1. The van der Waals surface area contributed by atoms with Gasteiger partial charge < -0.3 is 5.73 Å². The van der Waals surface area contributed by atoms with Crippen LogP contribution in [0.3, 0.4) is 0 Å². The zero-order valence-electron chi connectivity index (χ0n) is 7.05. The Morgan fingerprint density at radius 2 is 2.07 bits per heavy atom. The summed E-state index contributed by atoms with van der Waals surface area (Å²) in [5.74, 6) is 4.62. The van der Waals surface area contributed by atoms with Crippen LogP contribution in [0.2, 0.25) is 0 Å². The number of nitrogens with one attached hydrogen (secondary N) is 1. The number of rotatable bonds is 2. The van der Waals surface area contributed by atoms with E-state index in [0.29, 0.717) is 0 Å². The van der Waals surface area contributed by atoms with Gasteiger partial charge in [-0.05, 0) is 6.07 Å². The molecule has 0 saturated heterocycles. The van der Waals surface area contributed by atoms with Crippen molar-refractivity contribution in [3.8, 4) is 0 Å². The number of nitrogens with zero attached hydrogens (tertiary/aromatic N) is 1. The van der Waals surface area contributed by atoms with Crippen molar-refractivity contribution in [1.29, 1.82) is 0 Å². The van der Waals surface area contributed by atoms with Gasteiger partial charge in [0.2, 0.25) is 0 Å². The molecule has 0 fully saturated rings. The Labute approximate surface area is 78.1 Å². The van der Waals surface area contributed by atoms with Gasteiger partial charge in [-0.2, -0.15) is 13.2 Å². The molecule has 0 radical (unpaired) electrons. The maximum Gasteiger partial charge on any atom is 0.409 e. The van der Waals surface area contributed by atoms with E-state index in [1.54, 1.807) is 5.43 Å². The number of hydrogen-bond acceptors (Lipinski definition) is 4. The number of aromatic nitrogens is 1. The number of anilines is 1. The van der Waals surface area contributed by atoms with E-state index < -0.39 is 12.2 Å². The van der Waals surface area contributed by atoms with E-state index in [1.807, 2.05) is 0 Å². The summed E-state index contributed by atoms with van der Waals surface area (Å²) in [7, 11) is 0. The van der Waals surface area contributed by atoms with Crippen molar-refractivity contribution in [2.45, 2.75) is 12.2 Å². The largest absolute Gasteiger partial charge is 0.409 e. The summed E-state index contributed by atoms with van der Waals surface area (Å²) in [6, 6.07) is 0.596. The molecule has 1 aromatic heterocycles. The molecule has 14 heavy (non-hydrogen) atoms. The fourth-order valence-electron chi connectivity index (χ4n) is 1.03. The molecule has 0 amide bonds. The van der Waals surface area contributed by atoms with E-state index in [1.165, 1.54) is 18.3 Å². The van der Waals surface area contributed by atoms with Gasteiger partial charge >= 0.3 is 6.18 Å². The van der Waals surface area contributed by atoms with E-state index in [2.05, 4.69) is 4.98 Å². The normalized spacial score (nSPS) is 14.0. The summed E-state index contributed by atoms with van der Waals surface area (Å²) >= 11 is 0. The Hall–Kier alpha value is -1.34. The van der Waals surface area contributed by atoms with Crippen LogP contribution < -0.4 is 17.0 Å². The van der Waals surface area contributed by atoms with Gasteiger partial charge in [0.05, 0.1) is 0 Å². The molecule has 1 rings (SSSR count). The maximum absolute atomic E-state index is 12.4. The lowest BCUT2D eigenvalue weighted by atomic mass is 10.1. The van der Waals surface area contributed by atoms with Crippen LogP contribution >= 0.6 is 0 Å². The van der Waals surface area contributed by atoms with Crippen molar-refractivity contribution in [2.24, 2.45) is 5.84 Å². The standard InChI is InChI=1S/C7H9F3N4/c8-7(9,10)5(14-12)4-2-1-3-13-6(4)11/h1-3,5,14H,12H2,(H2,11,13). The van der Waals surface area contributed by atoms with Crippen LogP contribution in [-0.2, 0) is 0 Å². The van der Waals surface area contributed by atoms with Crippen molar-refractivity contribution in [3.63, 3.8) is 0 Å². The SMILES string of the molecule is NNC(c1cccnc1N)C(F)(F)F. The number of hydrogen-bond donors (Lipinski definition) is 3. The van der Waals surface area contributed by atoms with Crippen molar-refractivity contribution in [3.05, 3.63) is 23.9 Å². The lowest BCUT2D eigenvalue weighted by Crippen LogP contribution is -2.38. The second-order valence-corrected chi connectivity index (χ2v) is 2.62. The molecular formula is C7H9F3N4. The zero-order valence-corrected chi connectivity index (χ0v) is 7.05. The topological polar surface area (TPSA) is 77.0 Å². The minimum atomic E-state index is -4.49. The fraction of sp³-hybridized carbons (Fsp3) is 0.286. The first kappa shape index (κ1) is 10.7. The molecule has 0 spiro atoms. The van der Waals surface area contributed by atoms with E-state index in [0.717, 1.165) is 0 Å². The zero-order chi connectivity index (χ0) is 10.8. The van der Waals surface area contributed by atoms with Crippen molar-refractivity contribution in [2.75, 3.05) is 5.73 Å². The molecule has 0 aliphatic carbocycles. The van der Waals surface area contributed by atoms with Gasteiger partial charge in [-0.15, -0.1) is 0 Å². The molecule has 0 bridgehead atoms. The summed E-state index contributed by atoms with van der Waals surface area (Å²) in [5.41, 5.74) is 6.76. The molecule has 1 unspecified atom stereocenters. The van der Waals surface area contributed by atoms with Crippen LogP contribution in [-0.4, -0.2) is 11.2 Å². The van der Waals surface area contributed by atoms with Gasteiger partial charge in [0.1, 0.15) is 11.9 Å². The van der Waals surface area contributed by atoms with Crippen LogP contribution in [0, 0.1) is 0 Å². The van der Waals surface area contributed by atoms with Crippen molar-refractivity contribution < 1.29 is 13.2 Å². The molecule has 1 aromatic rings. The van der Waals surface area contributed by atoms with Crippen LogP contribution in [0.1, 0.15) is 11.6 Å². The van der Waals surface area contributed by atoms with Crippen LogP contribution in [0.4, 0.5) is 19.0 Å². The summed E-state index contributed by atoms with van der Waals surface area (Å²) in [5, 5.41) is 0. The van der Waals surface area contributed by atoms with Gasteiger partial charge in [0.15, 0.2) is 0 Å². The minimum Gasteiger partial charge on any atom is -0.383 e. The van der Waals surface area contributed by atoms with E-state index in [-0.39, 0.29) is 11.4 Å². The van der Waals surface area contributed by atoms with Gasteiger partial charge in [0.25, 0.3) is 0 Å². The summed E-state index contributed by atoms with van der Waals surface area (Å²) < 4.78 is 37.1. The van der Waals surface area contributed by atoms with Gasteiger partial charge in [0, 0.05) is 11.8 Å². The van der Waals surface area contributed by atoms with Gasteiger partial charge in [-0.25, -0.2) is 10.4 Å². The first-order chi connectivity index (χ1) is 6.46. The molecule has 5 N–H and O–H groups in total. The van der Waals surface area contributed by atoms with E-state index in [4.69, 9.17) is 11.6 Å². The Bertz CT molecular complexity index is 312. The average Bonchev–Trinajstić information content (AvgIpc) is 2.07. The smallest absolute Gasteiger partial charge is 0.383 e.